The zero-order valence-electron chi connectivity index (χ0n) is 13.2. The summed E-state index contributed by atoms with van der Waals surface area (Å²) in [7, 11) is 0. The number of hydrogen-bond acceptors (Lipinski definition) is 2. The summed E-state index contributed by atoms with van der Waals surface area (Å²) in [6.07, 6.45) is 8.83. The van der Waals surface area contributed by atoms with Crippen molar-refractivity contribution >= 4 is 6.08 Å². The van der Waals surface area contributed by atoms with E-state index in [4.69, 9.17) is 0 Å². The second kappa shape index (κ2) is 7.24. The third-order valence-electron chi connectivity index (χ3n) is 5.06. The van der Waals surface area contributed by atoms with Gasteiger partial charge in [0.25, 0.3) is 0 Å². The smallest absolute Gasteiger partial charge is 0.0167 e. The summed E-state index contributed by atoms with van der Waals surface area (Å²) >= 11 is 0. The third kappa shape index (κ3) is 4.18. The van der Waals surface area contributed by atoms with Gasteiger partial charge in [-0.05, 0) is 30.7 Å². The summed E-state index contributed by atoms with van der Waals surface area (Å²) in [5.74, 6) is 0.946. The Morgan fingerprint density at radius 2 is 1.81 bits per heavy atom. The van der Waals surface area contributed by atoms with E-state index in [9.17, 15) is 0 Å². The van der Waals surface area contributed by atoms with Crippen LogP contribution in [-0.4, -0.2) is 48.6 Å². The average Bonchev–Trinajstić information content (AvgIpc) is 2.96. The standard InChI is InChI=1S/C19H28N2/c1-17-9-10-19(16-17)21-14-12-20(13-15-21)11-5-8-18-6-3-2-4-7-18/h2-8,17,19H,9-16H2,1H3/b8-5+. The number of benzene rings is 1. The minimum atomic E-state index is 0.877. The highest BCUT2D eigenvalue weighted by Crippen LogP contribution is 2.29. The highest BCUT2D eigenvalue weighted by Gasteiger charge is 2.28. The van der Waals surface area contributed by atoms with Crippen molar-refractivity contribution in [3.05, 3.63) is 42.0 Å². The molecule has 0 aromatic heterocycles. The maximum absolute atomic E-state index is 2.74. The maximum Gasteiger partial charge on any atom is 0.0167 e. The van der Waals surface area contributed by atoms with Crippen molar-refractivity contribution in [3.63, 3.8) is 0 Å². The molecule has 114 valence electrons. The number of piperazine rings is 1. The van der Waals surface area contributed by atoms with Gasteiger partial charge in [0.2, 0.25) is 0 Å². The molecule has 2 aliphatic rings. The average molecular weight is 284 g/mol. The highest BCUT2D eigenvalue weighted by molar-refractivity contribution is 5.48. The molecule has 0 amide bonds. The quantitative estimate of drug-likeness (QED) is 0.835. The first-order valence-electron chi connectivity index (χ1n) is 8.49. The topological polar surface area (TPSA) is 6.48 Å². The molecule has 2 atom stereocenters. The fourth-order valence-corrected chi connectivity index (χ4v) is 3.72. The van der Waals surface area contributed by atoms with Crippen LogP contribution in [0, 0.1) is 5.92 Å². The van der Waals surface area contributed by atoms with Gasteiger partial charge in [-0.15, -0.1) is 0 Å². The van der Waals surface area contributed by atoms with Crippen LogP contribution in [0.3, 0.4) is 0 Å². The lowest BCUT2D eigenvalue weighted by molar-refractivity contribution is 0.104. The maximum atomic E-state index is 2.74. The highest BCUT2D eigenvalue weighted by atomic mass is 15.3. The number of nitrogens with zero attached hydrogens (tertiary/aromatic N) is 2. The zero-order valence-corrected chi connectivity index (χ0v) is 13.2. The van der Waals surface area contributed by atoms with Crippen LogP contribution < -0.4 is 0 Å². The van der Waals surface area contributed by atoms with Gasteiger partial charge in [0.1, 0.15) is 0 Å². The van der Waals surface area contributed by atoms with Crippen LogP contribution in [0.25, 0.3) is 6.08 Å². The van der Waals surface area contributed by atoms with Gasteiger partial charge >= 0.3 is 0 Å². The Hall–Kier alpha value is -1.12. The summed E-state index contributed by atoms with van der Waals surface area (Å²) in [6, 6.07) is 11.5. The molecule has 0 radical (unpaired) electrons. The van der Waals surface area contributed by atoms with Gasteiger partial charge in [-0.1, -0.05) is 49.4 Å². The molecule has 1 saturated carbocycles. The molecule has 21 heavy (non-hydrogen) atoms. The normalized spacial score (nSPS) is 28.4. The van der Waals surface area contributed by atoms with Gasteiger partial charge in [-0.2, -0.15) is 0 Å². The zero-order chi connectivity index (χ0) is 14.5. The lowest BCUT2D eigenvalue weighted by Crippen LogP contribution is -2.49. The fourth-order valence-electron chi connectivity index (χ4n) is 3.72. The Labute approximate surface area is 129 Å². The predicted octanol–water partition coefficient (Wildman–Crippen LogP) is 3.51. The third-order valence-corrected chi connectivity index (χ3v) is 5.06. The molecule has 3 rings (SSSR count). The summed E-state index contributed by atoms with van der Waals surface area (Å²) in [6.45, 7) is 8.47. The van der Waals surface area contributed by atoms with Crippen LogP contribution in [0.4, 0.5) is 0 Å². The first-order chi connectivity index (χ1) is 10.3. The van der Waals surface area contributed by atoms with Gasteiger partial charge in [-0.25, -0.2) is 0 Å². The van der Waals surface area contributed by atoms with E-state index in [1.54, 1.807) is 0 Å². The molecule has 1 saturated heterocycles. The first kappa shape index (κ1) is 14.8. The molecule has 1 aromatic rings. The second-order valence-corrected chi connectivity index (χ2v) is 6.72. The van der Waals surface area contributed by atoms with Gasteiger partial charge in [-0.3, -0.25) is 9.80 Å². The van der Waals surface area contributed by atoms with Gasteiger partial charge in [0.15, 0.2) is 0 Å². The molecular formula is C19H28N2. The van der Waals surface area contributed by atoms with Crippen molar-refractivity contribution in [2.45, 2.75) is 32.2 Å². The van der Waals surface area contributed by atoms with Crippen molar-refractivity contribution < 1.29 is 0 Å². The minimum absolute atomic E-state index is 0.877. The SMILES string of the molecule is CC1CCC(N2CCN(C/C=C/c3ccccc3)CC2)C1. The summed E-state index contributed by atoms with van der Waals surface area (Å²) < 4.78 is 0. The first-order valence-corrected chi connectivity index (χ1v) is 8.49. The Morgan fingerprint density at radius 1 is 1.05 bits per heavy atom. The van der Waals surface area contributed by atoms with E-state index >= 15 is 0 Å². The lowest BCUT2D eigenvalue weighted by atomic mass is 10.1. The monoisotopic (exact) mass is 284 g/mol. The van der Waals surface area contributed by atoms with Crippen LogP contribution in [-0.2, 0) is 0 Å². The fraction of sp³-hybridized carbons (Fsp3) is 0.579. The minimum Gasteiger partial charge on any atom is -0.298 e. The van der Waals surface area contributed by atoms with Crippen LogP contribution in [0.15, 0.2) is 36.4 Å². The molecular weight excluding hydrogens is 256 g/mol. The molecule has 0 bridgehead atoms. The van der Waals surface area contributed by atoms with Crippen molar-refractivity contribution in [1.82, 2.24) is 9.80 Å². The largest absolute Gasteiger partial charge is 0.298 e. The van der Waals surface area contributed by atoms with E-state index in [1.807, 2.05) is 0 Å². The van der Waals surface area contributed by atoms with Crippen molar-refractivity contribution in [2.24, 2.45) is 5.92 Å². The molecule has 1 aromatic carbocycles. The number of hydrogen-bond donors (Lipinski definition) is 0. The van der Waals surface area contributed by atoms with E-state index in [0.29, 0.717) is 0 Å². The molecule has 2 fully saturated rings. The van der Waals surface area contributed by atoms with Crippen molar-refractivity contribution in [1.29, 1.82) is 0 Å². The van der Waals surface area contributed by atoms with Crippen molar-refractivity contribution in [2.75, 3.05) is 32.7 Å². The predicted molar refractivity (Wildman–Crippen MR) is 90.3 cm³/mol. The molecule has 1 heterocycles. The van der Waals surface area contributed by atoms with Gasteiger partial charge in [0, 0.05) is 38.8 Å². The van der Waals surface area contributed by atoms with Crippen molar-refractivity contribution in [3.8, 4) is 0 Å². The molecule has 2 unspecified atom stereocenters. The van der Waals surface area contributed by atoms with Gasteiger partial charge < -0.3 is 0 Å². The molecule has 0 spiro atoms. The molecule has 2 heteroatoms. The van der Waals surface area contributed by atoms with Crippen LogP contribution in [0.5, 0.6) is 0 Å². The summed E-state index contributed by atoms with van der Waals surface area (Å²) in [4.78, 5) is 5.31. The van der Waals surface area contributed by atoms with Crippen LogP contribution in [0.2, 0.25) is 0 Å². The Bertz CT molecular complexity index is 446. The van der Waals surface area contributed by atoms with E-state index in [-0.39, 0.29) is 0 Å². The summed E-state index contributed by atoms with van der Waals surface area (Å²) in [5.41, 5.74) is 1.30. The Morgan fingerprint density at radius 3 is 2.48 bits per heavy atom. The van der Waals surface area contributed by atoms with Gasteiger partial charge in [0.05, 0.1) is 0 Å². The molecule has 1 aliphatic carbocycles. The Kier molecular flexibility index (Phi) is 5.10. The van der Waals surface area contributed by atoms with E-state index < -0.39 is 0 Å². The molecule has 1 aliphatic heterocycles. The lowest BCUT2D eigenvalue weighted by Gasteiger charge is -2.37. The summed E-state index contributed by atoms with van der Waals surface area (Å²) in [5, 5.41) is 0. The molecule has 0 N–H and O–H groups in total. The molecule has 2 nitrogen and oxygen atoms in total. The van der Waals surface area contributed by atoms with E-state index in [2.05, 4.69) is 59.2 Å². The van der Waals surface area contributed by atoms with Crippen LogP contribution in [0.1, 0.15) is 31.7 Å². The van der Waals surface area contributed by atoms with E-state index in [1.165, 1.54) is 51.0 Å². The number of rotatable bonds is 4. The van der Waals surface area contributed by atoms with E-state index in [0.717, 1.165) is 18.5 Å². The van der Waals surface area contributed by atoms with Crippen LogP contribution >= 0.6 is 0 Å². The Balaban J connectivity index is 1.41. The second-order valence-electron chi connectivity index (χ2n) is 6.72.